The van der Waals surface area contributed by atoms with Crippen molar-refractivity contribution in [2.24, 2.45) is 0 Å². The van der Waals surface area contributed by atoms with Gasteiger partial charge in [0.15, 0.2) is 5.65 Å². The molecular weight excluding hydrogens is 248 g/mol. The quantitative estimate of drug-likeness (QED) is 0.734. The van der Waals surface area contributed by atoms with Gasteiger partial charge < -0.3 is 10.1 Å². The van der Waals surface area contributed by atoms with Crippen LogP contribution in [0.2, 0.25) is 0 Å². The van der Waals surface area contributed by atoms with Gasteiger partial charge in [0, 0.05) is 25.7 Å². The third-order valence-electron chi connectivity index (χ3n) is 3.18. The summed E-state index contributed by atoms with van der Waals surface area (Å²) >= 11 is 0. The minimum Gasteiger partial charge on any atom is -0.462 e. The lowest BCUT2D eigenvalue weighted by Crippen LogP contribution is -2.33. The standard InChI is InChI=1S/C12H14N4O3/c1-2-19-12(18)8-6-14-16-10(8)15-9-3-4-13-5-7(9)11(16)17/h6,13-14H,2-5H2,1H3. The van der Waals surface area contributed by atoms with Crippen LogP contribution in [0.3, 0.4) is 0 Å². The van der Waals surface area contributed by atoms with Crippen molar-refractivity contribution in [3.8, 4) is 0 Å². The van der Waals surface area contributed by atoms with Gasteiger partial charge in [-0.3, -0.25) is 9.89 Å². The van der Waals surface area contributed by atoms with E-state index in [4.69, 9.17) is 4.74 Å². The largest absolute Gasteiger partial charge is 0.462 e. The van der Waals surface area contributed by atoms with Crippen LogP contribution in [0.4, 0.5) is 0 Å². The summed E-state index contributed by atoms with van der Waals surface area (Å²) in [4.78, 5) is 28.5. The number of carbonyl (C=O) groups excluding carboxylic acids is 1. The Hall–Kier alpha value is -2.15. The number of nitrogens with zero attached hydrogens (tertiary/aromatic N) is 2. The lowest BCUT2D eigenvalue weighted by atomic mass is 10.1. The number of esters is 1. The molecule has 2 aromatic heterocycles. The first-order chi connectivity index (χ1) is 9.22. The van der Waals surface area contributed by atoms with Crippen LogP contribution in [0.15, 0.2) is 11.0 Å². The highest BCUT2D eigenvalue weighted by atomic mass is 16.5. The predicted octanol–water partition coefficient (Wildman–Crippen LogP) is -0.155. The van der Waals surface area contributed by atoms with E-state index in [0.29, 0.717) is 29.7 Å². The summed E-state index contributed by atoms with van der Waals surface area (Å²) in [5, 5.41) is 5.90. The fourth-order valence-electron chi connectivity index (χ4n) is 2.26. The van der Waals surface area contributed by atoms with Crippen LogP contribution in [-0.4, -0.2) is 33.7 Å². The third kappa shape index (κ3) is 1.82. The average Bonchev–Trinajstić information content (AvgIpc) is 2.83. The van der Waals surface area contributed by atoms with Crippen LogP contribution >= 0.6 is 0 Å². The molecule has 1 aliphatic heterocycles. The monoisotopic (exact) mass is 262 g/mol. The molecule has 2 N–H and O–H groups in total. The second-order valence-corrected chi connectivity index (χ2v) is 4.34. The van der Waals surface area contributed by atoms with E-state index in [9.17, 15) is 9.59 Å². The van der Waals surface area contributed by atoms with Crippen molar-refractivity contribution in [2.75, 3.05) is 13.2 Å². The zero-order chi connectivity index (χ0) is 13.4. The molecule has 0 amide bonds. The van der Waals surface area contributed by atoms with Crippen LogP contribution in [0, 0.1) is 0 Å². The second kappa shape index (κ2) is 4.51. The maximum atomic E-state index is 12.3. The van der Waals surface area contributed by atoms with E-state index < -0.39 is 5.97 Å². The predicted molar refractivity (Wildman–Crippen MR) is 67.2 cm³/mol. The number of aromatic nitrogens is 3. The van der Waals surface area contributed by atoms with Gasteiger partial charge in [-0.15, -0.1) is 0 Å². The number of carbonyl (C=O) groups is 1. The molecule has 7 heteroatoms. The Morgan fingerprint density at radius 3 is 3.21 bits per heavy atom. The highest BCUT2D eigenvalue weighted by Crippen LogP contribution is 2.13. The van der Waals surface area contributed by atoms with Gasteiger partial charge in [0.25, 0.3) is 5.56 Å². The number of fused-ring (bicyclic) bond motifs is 2. The van der Waals surface area contributed by atoms with Gasteiger partial charge in [-0.1, -0.05) is 0 Å². The van der Waals surface area contributed by atoms with Crippen molar-refractivity contribution in [3.63, 3.8) is 0 Å². The van der Waals surface area contributed by atoms with Crippen LogP contribution in [0.25, 0.3) is 5.65 Å². The van der Waals surface area contributed by atoms with E-state index in [2.05, 4.69) is 15.4 Å². The molecule has 0 aromatic carbocycles. The van der Waals surface area contributed by atoms with Gasteiger partial charge in [-0.25, -0.2) is 14.3 Å². The van der Waals surface area contributed by atoms with Gasteiger partial charge in [0.2, 0.25) is 0 Å². The number of ether oxygens (including phenoxy) is 1. The van der Waals surface area contributed by atoms with Gasteiger partial charge in [-0.2, -0.15) is 0 Å². The van der Waals surface area contributed by atoms with Crippen molar-refractivity contribution < 1.29 is 9.53 Å². The van der Waals surface area contributed by atoms with E-state index in [1.54, 1.807) is 6.92 Å². The van der Waals surface area contributed by atoms with Gasteiger partial charge in [0.1, 0.15) is 5.56 Å². The Bertz CT molecular complexity index is 701. The van der Waals surface area contributed by atoms with E-state index >= 15 is 0 Å². The molecule has 0 bridgehead atoms. The fraction of sp³-hybridized carbons (Fsp3) is 0.417. The van der Waals surface area contributed by atoms with E-state index in [1.165, 1.54) is 10.7 Å². The van der Waals surface area contributed by atoms with Crippen molar-refractivity contribution in [1.29, 1.82) is 0 Å². The second-order valence-electron chi connectivity index (χ2n) is 4.34. The van der Waals surface area contributed by atoms with Crippen LogP contribution < -0.4 is 10.9 Å². The number of hydrogen-bond acceptors (Lipinski definition) is 5. The van der Waals surface area contributed by atoms with Crippen LogP contribution in [0.1, 0.15) is 28.5 Å². The van der Waals surface area contributed by atoms with Gasteiger partial charge in [0.05, 0.1) is 17.9 Å². The molecule has 0 spiro atoms. The summed E-state index contributed by atoms with van der Waals surface area (Å²) in [5.74, 6) is -0.470. The molecule has 19 heavy (non-hydrogen) atoms. The molecular formula is C12H14N4O3. The summed E-state index contributed by atoms with van der Waals surface area (Å²) in [6, 6.07) is 0. The van der Waals surface area contributed by atoms with Crippen LogP contribution in [-0.2, 0) is 17.7 Å². The molecule has 0 fully saturated rings. The lowest BCUT2D eigenvalue weighted by molar-refractivity contribution is 0.0528. The van der Waals surface area contributed by atoms with Crippen molar-refractivity contribution in [3.05, 3.63) is 33.4 Å². The Morgan fingerprint density at radius 1 is 1.58 bits per heavy atom. The summed E-state index contributed by atoms with van der Waals surface area (Å²) in [7, 11) is 0. The van der Waals surface area contributed by atoms with Crippen LogP contribution in [0.5, 0.6) is 0 Å². The molecule has 3 rings (SSSR count). The molecule has 0 atom stereocenters. The fourth-order valence-corrected chi connectivity index (χ4v) is 2.26. The Kier molecular flexibility index (Phi) is 2.83. The number of H-pyrrole nitrogens is 1. The zero-order valence-electron chi connectivity index (χ0n) is 10.5. The van der Waals surface area contributed by atoms with Crippen molar-refractivity contribution >= 4 is 11.6 Å². The first kappa shape index (κ1) is 11.9. The van der Waals surface area contributed by atoms with E-state index in [0.717, 1.165) is 12.2 Å². The number of aromatic amines is 1. The summed E-state index contributed by atoms with van der Waals surface area (Å²) in [6.45, 7) is 3.32. The molecule has 0 unspecified atom stereocenters. The molecule has 0 saturated carbocycles. The summed E-state index contributed by atoms with van der Waals surface area (Å²) in [6.07, 6.45) is 2.15. The van der Waals surface area contributed by atoms with E-state index in [-0.39, 0.29) is 12.2 Å². The normalized spacial score (nSPS) is 14.4. The van der Waals surface area contributed by atoms with Gasteiger partial charge >= 0.3 is 5.97 Å². The molecule has 7 nitrogen and oxygen atoms in total. The number of hydrogen-bond donors (Lipinski definition) is 2. The number of nitrogens with one attached hydrogen (secondary N) is 2. The Balaban J connectivity index is 2.21. The Labute approximate surface area is 108 Å². The molecule has 0 aliphatic carbocycles. The smallest absolute Gasteiger partial charge is 0.343 e. The minimum absolute atomic E-state index is 0.164. The topological polar surface area (TPSA) is 88.5 Å². The Morgan fingerprint density at radius 2 is 2.42 bits per heavy atom. The molecule has 0 radical (unpaired) electrons. The maximum absolute atomic E-state index is 12.3. The zero-order valence-corrected chi connectivity index (χ0v) is 10.5. The highest BCUT2D eigenvalue weighted by molar-refractivity contribution is 5.95. The molecule has 3 heterocycles. The first-order valence-corrected chi connectivity index (χ1v) is 6.22. The number of rotatable bonds is 2. The lowest BCUT2D eigenvalue weighted by Gasteiger charge is -2.15. The minimum atomic E-state index is -0.470. The SMILES string of the molecule is CCOC(=O)c1c[nH]n2c(=O)c3c(nc12)CCNC3. The molecule has 0 saturated heterocycles. The van der Waals surface area contributed by atoms with Crippen molar-refractivity contribution in [1.82, 2.24) is 19.9 Å². The van der Waals surface area contributed by atoms with Gasteiger partial charge in [-0.05, 0) is 6.92 Å². The molecule has 100 valence electrons. The first-order valence-electron chi connectivity index (χ1n) is 6.22. The molecule has 1 aliphatic rings. The molecule has 2 aromatic rings. The summed E-state index contributed by atoms with van der Waals surface area (Å²) < 4.78 is 6.24. The average molecular weight is 262 g/mol. The maximum Gasteiger partial charge on any atom is 0.343 e. The van der Waals surface area contributed by atoms with Crippen molar-refractivity contribution in [2.45, 2.75) is 19.9 Å². The third-order valence-corrected chi connectivity index (χ3v) is 3.18. The summed E-state index contributed by atoms with van der Waals surface area (Å²) in [5.41, 5.74) is 1.88. The highest BCUT2D eigenvalue weighted by Gasteiger charge is 2.21. The van der Waals surface area contributed by atoms with E-state index in [1.807, 2.05) is 0 Å².